The Morgan fingerprint density at radius 3 is 2.62 bits per heavy atom. The Morgan fingerprint density at radius 2 is 1.88 bits per heavy atom. The van der Waals surface area contributed by atoms with Crippen LogP contribution in [0.1, 0.15) is 17.5 Å². The van der Waals surface area contributed by atoms with Gasteiger partial charge in [-0.15, -0.1) is 0 Å². The summed E-state index contributed by atoms with van der Waals surface area (Å²) in [6.45, 7) is 1.65. The fourth-order valence-electron chi connectivity index (χ4n) is 2.28. The predicted molar refractivity (Wildman–Crippen MR) is 92.1 cm³/mol. The van der Waals surface area contributed by atoms with Crippen LogP contribution in [-0.4, -0.2) is 25.6 Å². The standard InChI is InChI=1S/C19H21NO4/c1-14-6-5-8-16(12-14)20-18(21)13-24-19(22)11-10-15-7-3-4-9-17(15)23-2/h3-9,12H,10-11,13H2,1-2H3,(H,20,21). The van der Waals surface area contributed by atoms with Gasteiger partial charge in [-0.2, -0.15) is 0 Å². The molecule has 0 saturated carbocycles. The summed E-state index contributed by atoms with van der Waals surface area (Å²) in [5, 5.41) is 2.69. The van der Waals surface area contributed by atoms with E-state index in [1.54, 1.807) is 13.2 Å². The topological polar surface area (TPSA) is 64.6 Å². The molecule has 0 fully saturated rings. The van der Waals surface area contributed by atoms with E-state index >= 15 is 0 Å². The van der Waals surface area contributed by atoms with Crippen molar-refractivity contribution < 1.29 is 19.1 Å². The molecular formula is C19H21NO4. The van der Waals surface area contributed by atoms with Crippen LogP contribution in [-0.2, 0) is 20.7 Å². The number of hydrogen-bond acceptors (Lipinski definition) is 4. The number of amides is 1. The summed E-state index contributed by atoms with van der Waals surface area (Å²) in [6.07, 6.45) is 0.695. The molecular weight excluding hydrogens is 306 g/mol. The molecule has 2 aromatic carbocycles. The minimum Gasteiger partial charge on any atom is -0.496 e. The first kappa shape index (κ1) is 17.5. The first-order valence-electron chi connectivity index (χ1n) is 7.72. The van der Waals surface area contributed by atoms with Gasteiger partial charge in [-0.05, 0) is 42.7 Å². The predicted octanol–water partition coefficient (Wildman–Crippen LogP) is 3.12. The van der Waals surface area contributed by atoms with Crippen molar-refractivity contribution in [3.05, 3.63) is 59.7 Å². The van der Waals surface area contributed by atoms with Gasteiger partial charge in [-0.1, -0.05) is 30.3 Å². The molecule has 0 unspecified atom stereocenters. The van der Waals surface area contributed by atoms with Crippen LogP contribution in [0.15, 0.2) is 48.5 Å². The molecule has 0 heterocycles. The first-order valence-corrected chi connectivity index (χ1v) is 7.72. The number of carbonyl (C=O) groups is 2. The Kier molecular flexibility index (Phi) is 6.37. The third-order valence-corrected chi connectivity index (χ3v) is 3.46. The largest absolute Gasteiger partial charge is 0.496 e. The molecule has 0 aromatic heterocycles. The van der Waals surface area contributed by atoms with Gasteiger partial charge in [-0.25, -0.2) is 0 Å². The van der Waals surface area contributed by atoms with E-state index in [0.29, 0.717) is 12.1 Å². The van der Waals surface area contributed by atoms with Crippen LogP contribution in [0.4, 0.5) is 5.69 Å². The van der Waals surface area contributed by atoms with Crippen LogP contribution in [0.3, 0.4) is 0 Å². The van der Waals surface area contributed by atoms with Crippen LogP contribution in [0.25, 0.3) is 0 Å². The molecule has 126 valence electrons. The van der Waals surface area contributed by atoms with E-state index in [0.717, 1.165) is 16.9 Å². The lowest BCUT2D eigenvalue weighted by atomic mass is 10.1. The summed E-state index contributed by atoms with van der Waals surface area (Å²) in [4.78, 5) is 23.6. The number of anilines is 1. The Morgan fingerprint density at radius 1 is 1.08 bits per heavy atom. The van der Waals surface area contributed by atoms with Crippen molar-refractivity contribution in [1.82, 2.24) is 0 Å². The van der Waals surface area contributed by atoms with Crippen molar-refractivity contribution in [3.8, 4) is 5.75 Å². The van der Waals surface area contributed by atoms with Gasteiger partial charge in [0.1, 0.15) is 5.75 Å². The number of nitrogens with one attached hydrogen (secondary N) is 1. The van der Waals surface area contributed by atoms with Gasteiger partial charge >= 0.3 is 5.97 Å². The minimum atomic E-state index is -0.416. The summed E-state index contributed by atoms with van der Waals surface area (Å²) in [6, 6.07) is 14.9. The second-order valence-corrected chi connectivity index (χ2v) is 5.39. The van der Waals surface area contributed by atoms with Crippen molar-refractivity contribution in [2.24, 2.45) is 0 Å². The van der Waals surface area contributed by atoms with Crippen molar-refractivity contribution in [2.45, 2.75) is 19.8 Å². The minimum absolute atomic E-state index is 0.193. The number of aryl methyl sites for hydroxylation is 2. The van der Waals surface area contributed by atoms with Gasteiger partial charge in [0.05, 0.1) is 7.11 Å². The SMILES string of the molecule is COc1ccccc1CCC(=O)OCC(=O)Nc1cccc(C)c1. The molecule has 0 radical (unpaired) electrons. The smallest absolute Gasteiger partial charge is 0.306 e. The molecule has 1 amide bonds. The molecule has 1 N–H and O–H groups in total. The fraction of sp³-hybridized carbons (Fsp3) is 0.263. The summed E-state index contributed by atoms with van der Waals surface area (Å²) < 4.78 is 10.2. The van der Waals surface area contributed by atoms with E-state index in [9.17, 15) is 9.59 Å². The highest BCUT2D eigenvalue weighted by atomic mass is 16.5. The third kappa shape index (κ3) is 5.43. The van der Waals surface area contributed by atoms with Gasteiger partial charge < -0.3 is 14.8 Å². The first-order chi connectivity index (χ1) is 11.6. The lowest BCUT2D eigenvalue weighted by Crippen LogP contribution is -2.21. The third-order valence-electron chi connectivity index (χ3n) is 3.46. The van der Waals surface area contributed by atoms with Gasteiger partial charge in [0.15, 0.2) is 6.61 Å². The summed E-state index contributed by atoms with van der Waals surface area (Å²) in [5.74, 6) is -0.0333. The highest BCUT2D eigenvalue weighted by Gasteiger charge is 2.10. The second kappa shape index (κ2) is 8.72. The van der Waals surface area contributed by atoms with Crippen molar-refractivity contribution in [3.63, 3.8) is 0 Å². The maximum absolute atomic E-state index is 11.8. The zero-order valence-electron chi connectivity index (χ0n) is 13.9. The lowest BCUT2D eigenvalue weighted by molar-refractivity contribution is -0.147. The van der Waals surface area contributed by atoms with Gasteiger partial charge in [-0.3, -0.25) is 9.59 Å². The van der Waals surface area contributed by atoms with E-state index in [1.165, 1.54) is 0 Å². The summed E-state index contributed by atoms with van der Waals surface area (Å²) in [7, 11) is 1.59. The van der Waals surface area contributed by atoms with Crippen molar-refractivity contribution in [1.29, 1.82) is 0 Å². The van der Waals surface area contributed by atoms with Gasteiger partial charge in [0.2, 0.25) is 0 Å². The molecule has 0 aliphatic carbocycles. The Balaban J connectivity index is 1.75. The number of hydrogen-bond donors (Lipinski definition) is 1. The second-order valence-electron chi connectivity index (χ2n) is 5.39. The molecule has 2 rings (SSSR count). The average Bonchev–Trinajstić information content (AvgIpc) is 2.58. The zero-order valence-corrected chi connectivity index (χ0v) is 13.9. The molecule has 0 bridgehead atoms. The molecule has 5 nitrogen and oxygen atoms in total. The van der Waals surface area contributed by atoms with E-state index in [1.807, 2.05) is 49.4 Å². The van der Waals surface area contributed by atoms with Gasteiger partial charge in [0, 0.05) is 12.1 Å². The van der Waals surface area contributed by atoms with E-state index in [4.69, 9.17) is 9.47 Å². The number of methoxy groups -OCH3 is 1. The number of carbonyl (C=O) groups excluding carboxylic acids is 2. The lowest BCUT2D eigenvalue weighted by Gasteiger charge is -2.09. The van der Waals surface area contributed by atoms with Crippen LogP contribution >= 0.6 is 0 Å². The Bertz CT molecular complexity index is 712. The number of esters is 1. The molecule has 0 spiro atoms. The molecule has 24 heavy (non-hydrogen) atoms. The maximum atomic E-state index is 11.8. The van der Waals surface area contributed by atoms with Crippen LogP contribution in [0.2, 0.25) is 0 Å². The molecule has 0 atom stereocenters. The van der Waals surface area contributed by atoms with E-state index in [2.05, 4.69) is 5.32 Å². The van der Waals surface area contributed by atoms with Crippen molar-refractivity contribution >= 4 is 17.6 Å². The highest BCUT2D eigenvalue weighted by molar-refractivity contribution is 5.92. The Labute approximate surface area is 141 Å². The van der Waals surface area contributed by atoms with Gasteiger partial charge in [0.25, 0.3) is 5.91 Å². The fourth-order valence-corrected chi connectivity index (χ4v) is 2.28. The number of rotatable bonds is 7. The number of benzene rings is 2. The molecule has 0 saturated heterocycles. The normalized spacial score (nSPS) is 10.1. The van der Waals surface area contributed by atoms with E-state index in [-0.39, 0.29) is 18.9 Å². The average molecular weight is 327 g/mol. The maximum Gasteiger partial charge on any atom is 0.306 e. The number of para-hydroxylation sites is 1. The molecule has 5 heteroatoms. The van der Waals surface area contributed by atoms with Crippen LogP contribution in [0, 0.1) is 6.92 Å². The molecule has 0 aliphatic heterocycles. The molecule has 0 aliphatic rings. The zero-order chi connectivity index (χ0) is 17.4. The van der Waals surface area contributed by atoms with Crippen LogP contribution in [0.5, 0.6) is 5.75 Å². The Hall–Kier alpha value is -2.82. The van der Waals surface area contributed by atoms with Crippen LogP contribution < -0.4 is 10.1 Å². The number of ether oxygens (including phenoxy) is 2. The monoisotopic (exact) mass is 327 g/mol. The quantitative estimate of drug-likeness (QED) is 0.794. The van der Waals surface area contributed by atoms with Crippen molar-refractivity contribution in [2.75, 3.05) is 19.0 Å². The summed E-state index contributed by atoms with van der Waals surface area (Å²) in [5.41, 5.74) is 2.66. The molecule has 2 aromatic rings. The highest BCUT2D eigenvalue weighted by Crippen LogP contribution is 2.18. The summed E-state index contributed by atoms with van der Waals surface area (Å²) >= 11 is 0. The van der Waals surface area contributed by atoms with E-state index < -0.39 is 5.97 Å².